The number of hydrogen-bond acceptors (Lipinski definition) is 6. The first kappa shape index (κ1) is 29.9. The van der Waals surface area contributed by atoms with E-state index in [-0.39, 0.29) is 28.6 Å². The normalized spacial score (nSPS) is 10.9. The van der Waals surface area contributed by atoms with Gasteiger partial charge in [0.1, 0.15) is 17.0 Å². The third kappa shape index (κ3) is 8.23. The van der Waals surface area contributed by atoms with Crippen LogP contribution in [0.25, 0.3) is 6.08 Å². The van der Waals surface area contributed by atoms with E-state index in [9.17, 15) is 24.3 Å². The number of thioether (sulfide) groups is 1. The number of carboxylic acids is 1. The number of nitrogens with one attached hydrogen (secondary N) is 3. The molecule has 0 saturated carbocycles. The van der Waals surface area contributed by atoms with Gasteiger partial charge in [0, 0.05) is 26.9 Å². The van der Waals surface area contributed by atoms with Crippen molar-refractivity contribution in [3.05, 3.63) is 124 Å². The molecule has 0 fully saturated rings. The van der Waals surface area contributed by atoms with Crippen LogP contribution in [0.2, 0.25) is 5.02 Å². The van der Waals surface area contributed by atoms with Gasteiger partial charge in [-0.05, 0) is 72.3 Å². The Balaban J connectivity index is 1.40. The molecule has 0 aliphatic carbocycles. The fourth-order valence-corrected chi connectivity index (χ4v) is 4.54. The number of carboxylic acid groups (broad SMARTS) is 1. The van der Waals surface area contributed by atoms with Crippen LogP contribution >= 0.6 is 23.4 Å². The highest BCUT2D eigenvalue weighted by Crippen LogP contribution is 2.24. The van der Waals surface area contributed by atoms with Gasteiger partial charge in [-0.2, -0.15) is 0 Å². The molecule has 0 spiro atoms. The number of phenols is 1. The Bertz CT molecular complexity index is 1660. The van der Waals surface area contributed by atoms with E-state index in [4.69, 9.17) is 16.7 Å². The quantitative estimate of drug-likeness (QED) is 0.0866. The van der Waals surface area contributed by atoms with Crippen molar-refractivity contribution in [3.63, 3.8) is 0 Å². The SMILES string of the molecule is O=C(CSc1ccc(NC(=O)/C(=C/c2ccccc2Cl)NC(=O)c2ccccc2)cc1)Nc1ccc(O)c(C(=O)O)c1. The number of benzene rings is 4. The zero-order valence-electron chi connectivity index (χ0n) is 21.8. The van der Waals surface area contributed by atoms with Crippen molar-refractivity contribution in [2.75, 3.05) is 16.4 Å². The lowest BCUT2D eigenvalue weighted by molar-refractivity contribution is -0.114. The van der Waals surface area contributed by atoms with Gasteiger partial charge in [0.2, 0.25) is 5.91 Å². The Morgan fingerprint density at radius 2 is 1.48 bits per heavy atom. The van der Waals surface area contributed by atoms with Crippen molar-refractivity contribution in [3.8, 4) is 5.75 Å². The summed E-state index contributed by atoms with van der Waals surface area (Å²) in [4.78, 5) is 50.3. The molecule has 42 heavy (non-hydrogen) atoms. The number of carbonyl (C=O) groups excluding carboxylic acids is 3. The average molecular weight is 602 g/mol. The highest BCUT2D eigenvalue weighted by Gasteiger charge is 2.16. The number of hydrogen-bond donors (Lipinski definition) is 5. The van der Waals surface area contributed by atoms with Crippen LogP contribution in [0.5, 0.6) is 5.75 Å². The summed E-state index contributed by atoms with van der Waals surface area (Å²) in [6.07, 6.45) is 1.49. The number of anilines is 2. The lowest BCUT2D eigenvalue weighted by atomic mass is 10.1. The summed E-state index contributed by atoms with van der Waals surface area (Å²) in [5.41, 5.74) is 1.31. The molecule has 4 rings (SSSR count). The van der Waals surface area contributed by atoms with Gasteiger partial charge in [0.15, 0.2) is 0 Å². The zero-order chi connectivity index (χ0) is 30.1. The Labute approximate surface area is 250 Å². The second kappa shape index (κ2) is 14.0. The van der Waals surface area contributed by atoms with Crippen LogP contribution in [0.1, 0.15) is 26.3 Å². The van der Waals surface area contributed by atoms with Gasteiger partial charge in [-0.15, -0.1) is 11.8 Å². The third-order valence-corrected chi connectivity index (χ3v) is 7.08. The minimum Gasteiger partial charge on any atom is -0.507 e. The molecule has 0 saturated heterocycles. The summed E-state index contributed by atoms with van der Waals surface area (Å²) < 4.78 is 0. The average Bonchev–Trinajstić information content (AvgIpc) is 2.98. The smallest absolute Gasteiger partial charge is 0.339 e. The molecule has 0 aliphatic rings. The summed E-state index contributed by atoms with van der Waals surface area (Å²) in [5, 5.41) is 27.2. The van der Waals surface area contributed by atoms with Crippen LogP contribution in [0.15, 0.2) is 108 Å². The van der Waals surface area contributed by atoms with Crippen LogP contribution in [0, 0.1) is 0 Å². The molecule has 0 bridgehead atoms. The first-order chi connectivity index (χ1) is 20.2. The van der Waals surface area contributed by atoms with E-state index in [0.29, 0.717) is 21.8 Å². The molecule has 3 amide bonds. The van der Waals surface area contributed by atoms with Crippen molar-refractivity contribution in [1.29, 1.82) is 0 Å². The second-order valence-electron chi connectivity index (χ2n) is 8.75. The zero-order valence-corrected chi connectivity index (χ0v) is 23.4. The highest BCUT2D eigenvalue weighted by molar-refractivity contribution is 8.00. The summed E-state index contributed by atoms with van der Waals surface area (Å²) in [7, 11) is 0. The largest absolute Gasteiger partial charge is 0.507 e. The predicted molar refractivity (Wildman–Crippen MR) is 163 cm³/mol. The molecule has 5 N–H and O–H groups in total. The molecule has 0 aliphatic heterocycles. The fourth-order valence-electron chi connectivity index (χ4n) is 3.65. The summed E-state index contributed by atoms with van der Waals surface area (Å²) in [6, 6.07) is 25.9. The number of amides is 3. The Kier molecular flexibility index (Phi) is 9.99. The first-order valence-corrected chi connectivity index (χ1v) is 13.8. The van der Waals surface area contributed by atoms with E-state index in [0.717, 1.165) is 4.90 Å². The van der Waals surface area contributed by atoms with Crippen molar-refractivity contribution in [2.24, 2.45) is 0 Å². The molecular weight excluding hydrogens is 578 g/mol. The predicted octanol–water partition coefficient (Wildman–Crippen LogP) is 5.88. The Hall–Kier alpha value is -5.06. The molecular formula is C31H24ClN3O6S. The number of aromatic carboxylic acids is 1. The first-order valence-electron chi connectivity index (χ1n) is 12.4. The summed E-state index contributed by atoms with van der Waals surface area (Å²) >= 11 is 7.50. The van der Waals surface area contributed by atoms with Crippen molar-refractivity contribution < 1.29 is 29.4 Å². The van der Waals surface area contributed by atoms with E-state index >= 15 is 0 Å². The van der Waals surface area contributed by atoms with Crippen LogP contribution in [0.3, 0.4) is 0 Å². The van der Waals surface area contributed by atoms with Crippen LogP contribution < -0.4 is 16.0 Å². The Morgan fingerprint density at radius 3 is 2.17 bits per heavy atom. The maximum atomic E-state index is 13.2. The van der Waals surface area contributed by atoms with Gasteiger partial charge in [-0.1, -0.05) is 48.0 Å². The van der Waals surface area contributed by atoms with Crippen LogP contribution in [-0.2, 0) is 9.59 Å². The van der Waals surface area contributed by atoms with Gasteiger partial charge >= 0.3 is 5.97 Å². The van der Waals surface area contributed by atoms with Gasteiger partial charge < -0.3 is 26.2 Å². The molecule has 4 aromatic rings. The van der Waals surface area contributed by atoms with Gasteiger partial charge in [-0.3, -0.25) is 14.4 Å². The summed E-state index contributed by atoms with van der Waals surface area (Å²) in [5.74, 6) is -3.06. The maximum absolute atomic E-state index is 13.2. The molecule has 212 valence electrons. The minimum atomic E-state index is -1.31. The lowest BCUT2D eigenvalue weighted by Gasteiger charge is -2.12. The van der Waals surface area contributed by atoms with Crippen LogP contribution in [0.4, 0.5) is 11.4 Å². The Morgan fingerprint density at radius 1 is 0.810 bits per heavy atom. The molecule has 0 unspecified atom stereocenters. The maximum Gasteiger partial charge on any atom is 0.339 e. The van der Waals surface area contributed by atoms with E-state index < -0.39 is 23.5 Å². The fraction of sp³-hybridized carbons (Fsp3) is 0.0323. The minimum absolute atomic E-state index is 0.00707. The standard InChI is InChI=1S/C31H24ClN3O6S/c32-25-9-5-4-8-20(25)16-26(35-29(38)19-6-2-1-3-7-19)30(39)34-21-10-13-23(14-11-21)42-18-28(37)33-22-12-15-27(36)24(17-22)31(40)41/h1-17,36H,18H2,(H,33,37)(H,34,39)(H,35,38)(H,40,41)/b26-16-. The van der Waals surface area contributed by atoms with E-state index in [1.165, 1.54) is 36.0 Å². The topological polar surface area (TPSA) is 145 Å². The van der Waals surface area contributed by atoms with Crippen molar-refractivity contribution in [1.82, 2.24) is 5.32 Å². The number of aromatic hydroxyl groups is 1. The second-order valence-corrected chi connectivity index (χ2v) is 10.2. The lowest BCUT2D eigenvalue weighted by Crippen LogP contribution is -2.30. The summed E-state index contributed by atoms with van der Waals surface area (Å²) in [6.45, 7) is 0. The molecule has 0 aromatic heterocycles. The van der Waals surface area contributed by atoms with Crippen LogP contribution in [-0.4, -0.2) is 39.7 Å². The number of halogens is 1. The van der Waals surface area contributed by atoms with Gasteiger partial charge in [-0.25, -0.2) is 4.79 Å². The van der Waals surface area contributed by atoms with Crippen molar-refractivity contribution >= 4 is 64.5 Å². The highest BCUT2D eigenvalue weighted by atomic mass is 35.5. The van der Waals surface area contributed by atoms with Gasteiger partial charge in [0.25, 0.3) is 11.8 Å². The van der Waals surface area contributed by atoms with E-state index in [2.05, 4.69) is 16.0 Å². The molecule has 0 heterocycles. The molecule has 4 aromatic carbocycles. The molecule has 9 nitrogen and oxygen atoms in total. The molecule has 11 heteroatoms. The van der Waals surface area contributed by atoms with E-state index in [1.54, 1.807) is 78.9 Å². The number of carbonyl (C=O) groups is 4. The van der Waals surface area contributed by atoms with E-state index in [1.807, 2.05) is 0 Å². The van der Waals surface area contributed by atoms with Gasteiger partial charge in [0.05, 0.1) is 5.75 Å². The monoisotopic (exact) mass is 601 g/mol. The number of rotatable bonds is 10. The van der Waals surface area contributed by atoms with Crippen molar-refractivity contribution in [2.45, 2.75) is 4.90 Å². The molecule has 0 radical (unpaired) electrons. The third-order valence-electron chi connectivity index (χ3n) is 5.73. The molecule has 0 atom stereocenters.